The first-order valence-corrected chi connectivity index (χ1v) is 12.7. The molecule has 1 aliphatic rings. The lowest BCUT2D eigenvalue weighted by Crippen LogP contribution is -2.08. The first-order chi connectivity index (χ1) is 17.3. The number of anilines is 1. The molecule has 1 fully saturated rings. The van der Waals surface area contributed by atoms with E-state index in [0.717, 1.165) is 34.9 Å². The lowest BCUT2D eigenvalue weighted by molar-refractivity contribution is 0.225. The minimum absolute atomic E-state index is 0.165. The van der Waals surface area contributed by atoms with Crippen LogP contribution in [-0.2, 0) is 26.9 Å². The zero-order valence-corrected chi connectivity index (χ0v) is 22.0. The number of halogens is 2. The largest absolute Gasteiger partial charge is 0.482 e. The van der Waals surface area contributed by atoms with Crippen molar-refractivity contribution in [3.63, 3.8) is 0 Å². The molecule has 3 heterocycles. The van der Waals surface area contributed by atoms with Crippen LogP contribution in [0.5, 0.6) is 5.75 Å². The molecule has 0 unspecified atom stereocenters. The highest BCUT2D eigenvalue weighted by Gasteiger charge is 2.24. The van der Waals surface area contributed by atoms with Gasteiger partial charge in [-0.1, -0.05) is 0 Å². The van der Waals surface area contributed by atoms with E-state index in [1.165, 1.54) is 36.9 Å². The first kappa shape index (κ1) is 24.5. The summed E-state index contributed by atoms with van der Waals surface area (Å²) in [5, 5.41) is 18.9. The number of hydrogen-bond donors (Lipinski definition) is 2. The second kappa shape index (κ2) is 10.0. The molecule has 0 bridgehead atoms. The number of hydrogen-bond acceptors (Lipinski definition) is 6. The van der Waals surface area contributed by atoms with Crippen molar-refractivity contribution in [3.05, 3.63) is 75.5 Å². The first-order valence-electron chi connectivity index (χ1n) is 11.9. The van der Waals surface area contributed by atoms with Crippen molar-refractivity contribution in [1.82, 2.24) is 24.5 Å². The Hall–Kier alpha value is -3.24. The van der Waals surface area contributed by atoms with Crippen LogP contribution < -0.4 is 10.2 Å². The molecule has 1 aliphatic carbocycles. The Morgan fingerprint density at radius 3 is 2.78 bits per heavy atom. The molecule has 0 radical (unpaired) electrons. The molecule has 36 heavy (non-hydrogen) atoms. The van der Waals surface area contributed by atoms with Crippen molar-refractivity contribution < 1.29 is 14.3 Å². The van der Waals surface area contributed by atoms with Gasteiger partial charge < -0.3 is 4.74 Å². The number of pyridine rings is 1. The minimum Gasteiger partial charge on any atom is -0.482 e. The maximum Gasteiger partial charge on any atom is 0.192 e. The topological polar surface area (TPSA) is 90.0 Å². The monoisotopic (exact) mass is 554 g/mol. The lowest BCUT2D eigenvalue weighted by Gasteiger charge is -2.20. The Bertz CT molecular complexity index is 1400. The molecule has 1 atom stereocenters. The van der Waals surface area contributed by atoms with Crippen molar-refractivity contribution in [2.24, 2.45) is 20.0 Å². The maximum absolute atomic E-state index is 14.4. The number of nitrogens with one attached hydrogen (secondary N) is 1. The smallest absolute Gasteiger partial charge is 0.192 e. The molecule has 0 saturated heterocycles. The number of ether oxygens (including phenoxy) is 1. The average molecular weight is 555 g/mol. The summed E-state index contributed by atoms with van der Waals surface area (Å²) in [5.74, 6) is 0.905. The van der Waals surface area contributed by atoms with Gasteiger partial charge in [-0.05, 0) is 78.4 Å². The Morgan fingerprint density at radius 2 is 2.03 bits per heavy atom. The fourth-order valence-electron chi connectivity index (χ4n) is 4.49. The molecule has 0 amide bonds. The lowest BCUT2D eigenvalue weighted by atomic mass is 9.96. The summed E-state index contributed by atoms with van der Waals surface area (Å²) in [5.41, 5.74) is 7.43. The zero-order valence-electron chi connectivity index (χ0n) is 20.4. The van der Waals surface area contributed by atoms with Crippen LogP contribution in [0.4, 0.5) is 10.2 Å². The third kappa shape index (κ3) is 5.29. The molecule has 2 N–H and O–H groups in total. The molecule has 3 aromatic heterocycles. The highest BCUT2D eigenvalue weighted by molar-refractivity contribution is 9.10. The van der Waals surface area contributed by atoms with E-state index in [1.807, 2.05) is 37.4 Å². The van der Waals surface area contributed by atoms with Gasteiger partial charge in [0, 0.05) is 59.8 Å². The van der Waals surface area contributed by atoms with E-state index in [-0.39, 0.29) is 11.6 Å². The minimum atomic E-state index is -0.561. The Kier molecular flexibility index (Phi) is 6.81. The molecule has 8 nitrogen and oxygen atoms in total. The second-order valence-electron chi connectivity index (χ2n) is 9.36. The number of aromatic nitrogens is 5. The van der Waals surface area contributed by atoms with Gasteiger partial charge in [0.05, 0.1) is 11.4 Å². The number of benzene rings is 1. The highest BCUT2D eigenvalue weighted by atomic mass is 79.9. The number of nitrogens with zero attached hydrogens (tertiary/aromatic N) is 5. The van der Waals surface area contributed by atoms with Crippen molar-refractivity contribution in [3.8, 4) is 17.0 Å². The quantitative estimate of drug-likeness (QED) is 0.262. The Labute approximate surface area is 217 Å². The molecule has 188 valence electrons. The van der Waals surface area contributed by atoms with Gasteiger partial charge in [-0.2, -0.15) is 10.2 Å². The molecule has 10 heteroatoms. The van der Waals surface area contributed by atoms with Gasteiger partial charge in [0.2, 0.25) is 0 Å². The van der Waals surface area contributed by atoms with Crippen molar-refractivity contribution >= 4 is 21.7 Å². The van der Waals surface area contributed by atoms with E-state index in [1.54, 1.807) is 16.8 Å². The van der Waals surface area contributed by atoms with Gasteiger partial charge >= 0.3 is 0 Å². The highest BCUT2D eigenvalue weighted by Crippen LogP contribution is 2.36. The predicted octanol–water partition coefficient (Wildman–Crippen LogP) is 5.60. The fraction of sp³-hybridized carbons (Fsp3) is 0.346. The van der Waals surface area contributed by atoms with Crippen LogP contribution in [0.1, 0.15) is 48.4 Å². The van der Waals surface area contributed by atoms with Gasteiger partial charge in [-0.3, -0.25) is 14.6 Å². The summed E-state index contributed by atoms with van der Waals surface area (Å²) in [6, 6.07) is 8.49. The van der Waals surface area contributed by atoms with Gasteiger partial charge in [-0.25, -0.2) is 14.9 Å². The molecule has 1 saturated carbocycles. The van der Waals surface area contributed by atoms with Crippen molar-refractivity contribution in [2.75, 3.05) is 5.48 Å². The van der Waals surface area contributed by atoms with Crippen molar-refractivity contribution in [2.45, 2.75) is 38.7 Å². The Morgan fingerprint density at radius 1 is 1.22 bits per heavy atom. The van der Waals surface area contributed by atoms with Crippen LogP contribution in [0.25, 0.3) is 11.3 Å². The third-order valence-electron chi connectivity index (χ3n) is 6.43. The van der Waals surface area contributed by atoms with Crippen LogP contribution in [0.2, 0.25) is 0 Å². The molecular weight excluding hydrogens is 527 g/mol. The van der Waals surface area contributed by atoms with Crippen LogP contribution in [0.15, 0.2) is 47.2 Å². The van der Waals surface area contributed by atoms with Gasteiger partial charge in [0.15, 0.2) is 11.6 Å². The molecule has 5 rings (SSSR count). The van der Waals surface area contributed by atoms with Gasteiger partial charge in [0.1, 0.15) is 11.9 Å². The number of aryl methyl sites for hydroxylation is 2. The SMILES string of the molecule is C[C@@H](Oc1cc(Br)cnc1NO)c1cc(F)ccc1-c1nn(C)cc1Cc1cc(CC2CC2)n(C)n1. The summed E-state index contributed by atoms with van der Waals surface area (Å²) < 4.78 is 25.0. The maximum atomic E-state index is 14.4. The van der Waals surface area contributed by atoms with E-state index in [4.69, 9.17) is 14.9 Å². The third-order valence-corrected chi connectivity index (χ3v) is 6.87. The average Bonchev–Trinajstić information content (AvgIpc) is 3.49. The summed E-state index contributed by atoms with van der Waals surface area (Å²) in [4.78, 5) is 4.10. The van der Waals surface area contributed by atoms with Crippen LogP contribution in [-0.4, -0.2) is 29.8 Å². The Balaban J connectivity index is 1.47. The predicted molar refractivity (Wildman–Crippen MR) is 137 cm³/mol. The van der Waals surface area contributed by atoms with E-state index in [0.29, 0.717) is 22.2 Å². The van der Waals surface area contributed by atoms with E-state index >= 15 is 0 Å². The van der Waals surface area contributed by atoms with Crippen LogP contribution >= 0.6 is 15.9 Å². The normalized spacial score (nSPS) is 14.2. The molecule has 0 aliphatic heterocycles. The second-order valence-corrected chi connectivity index (χ2v) is 10.3. The zero-order chi connectivity index (χ0) is 25.4. The van der Waals surface area contributed by atoms with E-state index in [9.17, 15) is 9.60 Å². The fourth-order valence-corrected chi connectivity index (χ4v) is 4.80. The molecule has 1 aromatic carbocycles. The van der Waals surface area contributed by atoms with Gasteiger partial charge in [-0.15, -0.1) is 0 Å². The van der Waals surface area contributed by atoms with Crippen LogP contribution in [0.3, 0.4) is 0 Å². The molecule has 0 spiro atoms. The molecule has 4 aromatic rings. The van der Waals surface area contributed by atoms with Crippen LogP contribution in [0, 0.1) is 11.7 Å². The van der Waals surface area contributed by atoms with Gasteiger partial charge in [0.25, 0.3) is 0 Å². The summed E-state index contributed by atoms with van der Waals surface area (Å²) in [6.07, 6.45) is 7.23. The standard InChI is InChI=1S/C26H28BrFN6O2/c1-15(36-24-10-18(27)13-29-26(24)32-35)23-11-19(28)6-7-22(23)25-17(14-33(2)31-25)9-20-12-21(34(3)30-20)8-16-4-5-16/h6-7,10-16,35H,4-5,8-9H2,1-3H3,(H,29,32)/t15-/m1/s1. The van der Waals surface area contributed by atoms with Crippen molar-refractivity contribution in [1.29, 1.82) is 0 Å². The van der Waals surface area contributed by atoms with E-state index in [2.05, 4.69) is 27.0 Å². The van der Waals surface area contributed by atoms with E-state index < -0.39 is 6.10 Å². The molecular formula is C26H28BrFN6O2. The summed E-state index contributed by atoms with van der Waals surface area (Å²) >= 11 is 3.37. The summed E-state index contributed by atoms with van der Waals surface area (Å²) in [6.45, 7) is 1.83. The number of rotatable bonds is 9. The summed E-state index contributed by atoms with van der Waals surface area (Å²) in [7, 11) is 3.87.